The van der Waals surface area contributed by atoms with E-state index in [-0.39, 0.29) is 12.4 Å². The summed E-state index contributed by atoms with van der Waals surface area (Å²) in [7, 11) is -2.95. The van der Waals surface area contributed by atoms with Crippen molar-refractivity contribution in [2.75, 3.05) is 6.26 Å². The molecule has 0 bridgehead atoms. The van der Waals surface area contributed by atoms with Crippen LogP contribution in [0.2, 0.25) is 0 Å². The van der Waals surface area contributed by atoms with Gasteiger partial charge in [0.2, 0.25) is 0 Å². The Labute approximate surface area is 60.9 Å². The van der Waals surface area contributed by atoms with Gasteiger partial charge in [0.25, 0.3) is 0 Å². The van der Waals surface area contributed by atoms with Crippen molar-refractivity contribution in [1.29, 1.82) is 0 Å². The van der Waals surface area contributed by atoms with E-state index < -0.39 is 14.7 Å². The summed E-state index contributed by atoms with van der Waals surface area (Å²) in [4.78, 5) is -0.840. The summed E-state index contributed by atoms with van der Waals surface area (Å²) >= 11 is 0. The van der Waals surface area contributed by atoms with Crippen LogP contribution >= 0.6 is 12.4 Å². The van der Waals surface area contributed by atoms with Crippen molar-refractivity contribution < 1.29 is 8.42 Å². The Bertz CT molecular complexity index is 195. The van der Waals surface area contributed by atoms with E-state index in [1.807, 2.05) is 0 Å². The number of hydrogen-bond donors (Lipinski definition) is 1. The maximum Gasteiger partial charge on any atom is 0.165 e. The maximum atomic E-state index is 10.6. The average molecular weight is 172 g/mol. The zero-order valence-electron chi connectivity index (χ0n) is 5.12. The minimum Gasteiger partial charge on any atom is -0.313 e. The van der Waals surface area contributed by atoms with Gasteiger partial charge in [-0.2, -0.15) is 0 Å². The van der Waals surface area contributed by atoms with Crippen molar-refractivity contribution >= 4 is 22.2 Å². The fourth-order valence-electron chi connectivity index (χ4n) is 0.494. The van der Waals surface area contributed by atoms with E-state index in [9.17, 15) is 8.42 Å². The Morgan fingerprint density at radius 2 is 1.78 bits per heavy atom. The van der Waals surface area contributed by atoms with E-state index in [0.717, 1.165) is 0 Å². The van der Waals surface area contributed by atoms with E-state index >= 15 is 0 Å². The lowest BCUT2D eigenvalue weighted by Gasteiger charge is -2.01. The monoisotopic (exact) mass is 171 g/mol. The van der Waals surface area contributed by atoms with Gasteiger partial charge in [-0.1, -0.05) is 0 Å². The number of halogens is 1. The minimum atomic E-state index is -2.95. The van der Waals surface area contributed by atoms with Crippen LogP contribution < -0.4 is 5.73 Å². The van der Waals surface area contributed by atoms with Gasteiger partial charge in [0.15, 0.2) is 9.84 Å². The lowest BCUT2D eigenvalue weighted by molar-refractivity contribution is 0.585. The Morgan fingerprint density at radius 3 is 1.78 bits per heavy atom. The first-order valence-electron chi connectivity index (χ1n) is 2.44. The Balaban J connectivity index is 0.000000640. The second-order valence-electron chi connectivity index (χ2n) is 2.34. The molecule has 56 valence electrons. The zero-order valence-corrected chi connectivity index (χ0v) is 6.76. The Morgan fingerprint density at radius 1 is 1.44 bits per heavy atom. The van der Waals surface area contributed by atoms with Gasteiger partial charge in [-0.15, -0.1) is 12.4 Å². The first-order chi connectivity index (χ1) is 3.46. The Kier molecular flexibility index (Phi) is 2.16. The van der Waals surface area contributed by atoms with Crippen LogP contribution in [0.3, 0.4) is 0 Å². The molecule has 0 heterocycles. The molecule has 0 aliphatic heterocycles. The summed E-state index contributed by atoms with van der Waals surface area (Å²) in [5.74, 6) is 0. The third-order valence-electron chi connectivity index (χ3n) is 1.48. The van der Waals surface area contributed by atoms with Gasteiger partial charge in [-0.3, -0.25) is 0 Å². The van der Waals surface area contributed by atoms with E-state index in [1.54, 1.807) is 0 Å². The van der Waals surface area contributed by atoms with Crippen LogP contribution in [0.1, 0.15) is 12.8 Å². The zero-order chi connectivity index (χ0) is 6.41. The van der Waals surface area contributed by atoms with E-state index in [4.69, 9.17) is 5.73 Å². The summed E-state index contributed by atoms with van der Waals surface area (Å²) in [6, 6.07) is 0. The molecule has 1 aliphatic carbocycles. The number of sulfone groups is 1. The molecule has 0 spiro atoms. The highest BCUT2D eigenvalue weighted by molar-refractivity contribution is 7.92. The number of nitrogens with two attached hydrogens (primary N) is 1. The van der Waals surface area contributed by atoms with Crippen molar-refractivity contribution in [1.82, 2.24) is 0 Å². The van der Waals surface area contributed by atoms with Crippen LogP contribution in [0.15, 0.2) is 0 Å². The van der Waals surface area contributed by atoms with Crippen molar-refractivity contribution in [2.45, 2.75) is 17.7 Å². The third-order valence-corrected chi connectivity index (χ3v) is 3.37. The van der Waals surface area contributed by atoms with Gasteiger partial charge in [-0.05, 0) is 12.8 Å². The second-order valence-corrected chi connectivity index (χ2v) is 4.69. The molecule has 0 unspecified atom stereocenters. The van der Waals surface area contributed by atoms with Gasteiger partial charge in [-0.25, -0.2) is 8.42 Å². The quantitative estimate of drug-likeness (QED) is 0.600. The highest BCUT2D eigenvalue weighted by Gasteiger charge is 2.48. The molecule has 0 aromatic heterocycles. The fourth-order valence-corrected chi connectivity index (χ4v) is 1.34. The second kappa shape index (κ2) is 2.11. The predicted molar refractivity (Wildman–Crippen MR) is 38.2 cm³/mol. The standard InChI is InChI=1S/C4H9NO2S.ClH/c1-8(6,7)4(5)2-3-4;/h2-3,5H2,1H3;1H. The molecular formula is C4H10ClNO2S. The van der Waals surface area contributed by atoms with E-state index in [2.05, 4.69) is 0 Å². The summed E-state index contributed by atoms with van der Waals surface area (Å²) in [5.41, 5.74) is 5.34. The fraction of sp³-hybridized carbons (Fsp3) is 1.00. The first kappa shape index (κ1) is 9.20. The van der Waals surface area contributed by atoms with Gasteiger partial charge in [0.05, 0.1) is 0 Å². The van der Waals surface area contributed by atoms with Crippen LogP contribution in [0.4, 0.5) is 0 Å². The van der Waals surface area contributed by atoms with Gasteiger partial charge < -0.3 is 5.73 Å². The van der Waals surface area contributed by atoms with Gasteiger partial charge in [0.1, 0.15) is 4.87 Å². The highest BCUT2D eigenvalue weighted by Crippen LogP contribution is 2.36. The third kappa shape index (κ3) is 1.56. The van der Waals surface area contributed by atoms with Crippen molar-refractivity contribution in [3.63, 3.8) is 0 Å². The minimum absolute atomic E-state index is 0. The first-order valence-corrected chi connectivity index (χ1v) is 4.33. The van der Waals surface area contributed by atoms with E-state index in [1.165, 1.54) is 6.26 Å². The molecule has 1 fully saturated rings. The van der Waals surface area contributed by atoms with Crippen LogP contribution in [0.25, 0.3) is 0 Å². The molecule has 0 saturated heterocycles. The normalized spacial score (nSPS) is 22.4. The summed E-state index contributed by atoms with van der Waals surface area (Å²) < 4.78 is 21.2. The molecule has 1 saturated carbocycles. The smallest absolute Gasteiger partial charge is 0.165 e. The van der Waals surface area contributed by atoms with Crippen LogP contribution in [0.5, 0.6) is 0 Å². The Hall–Kier alpha value is 0.200. The lowest BCUT2D eigenvalue weighted by Crippen LogP contribution is -2.31. The summed E-state index contributed by atoms with van der Waals surface area (Å²) in [5, 5.41) is 0. The highest BCUT2D eigenvalue weighted by atomic mass is 35.5. The predicted octanol–water partition coefficient (Wildman–Crippen LogP) is -0.0984. The number of rotatable bonds is 1. The maximum absolute atomic E-state index is 10.6. The van der Waals surface area contributed by atoms with Crippen LogP contribution in [0, 0.1) is 0 Å². The van der Waals surface area contributed by atoms with Crippen LogP contribution in [-0.4, -0.2) is 19.5 Å². The lowest BCUT2D eigenvalue weighted by atomic mass is 10.8. The SMILES string of the molecule is CS(=O)(=O)C1(N)CC1.Cl. The molecule has 0 aromatic rings. The summed E-state index contributed by atoms with van der Waals surface area (Å²) in [6.07, 6.45) is 2.44. The molecule has 5 heteroatoms. The van der Waals surface area contributed by atoms with Crippen molar-refractivity contribution in [3.8, 4) is 0 Å². The molecule has 0 atom stereocenters. The molecule has 0 amide bonds. The molecular weight excluding hydrogens is 162 g/mol. The topological polar surface area (TPSA) is 60.2 Å². The molecule has 0 aromatic carbocycles. The number of hydrogen-bond acceptors (Lipinski definition) is 3. The van der Waals surface area contributed by atoms with Crippen LogP contribution in [-0.2, 0) is 9.84 Å². The molecule has 3 nitrogen and oxygen atoms in total. The molecule has 1 rings (SSSR count). The van der Waals surface area contributed by atoms with Crippen molar-refractivity contribution in [2.24, 2.45) is 5.73 Å². The molecule has 0 radical (unpaired) electrons. The van der Waals surface area contributed by atoms with Gasteiger partial charge in [0, 0.05) is 6.26 Å². The van der Waals surface area contributed by atoms with Crippen molar-refractivity contribution in [3.05, 3.63) is 0 Å². The molecule has 2 N–H and O–H groups in total. The average Bonchev–Trinajstić information content (AvgIpc) is 2.16. The van der Waals surface area contributed by atoms with Gasteiger partial charge >= 0.3 is 0 Å². The molecule has 1 aliphatic rings. The summed E-state index contributed by atoms with van der Waals surface area (Å²) in [6.45, 7) is 0. The molecule has 9 heavy (non-hydrogen) atoms. The largest absolute Gasteiger partial charge is 0.313 e. The van der Waals surface area contributed by atoms with E-state index in [0.29, 0.717) is 12.8 Å².